The number of fused-ring (bicyclic) bond motifs is 1. The highest BCUT2D eigenvalue weighted by Crippen LogP contribution is 2.28. The largest absolute Gasteiger partial charge is 0.372 e. The maximum atomic E-state index is 13.7. The van der Waals surface area contributed by atoms with Gasteiger partial charge in [-0.2, -0.15) is 0 Å². The van der Waals surface area contributed by atoms with Crippen LogP contribution in [-0.4, -0.2) is 23.6 Å². The van der Waals surface area contributed by atoms with Gasteiger partial charge in [-0.3, -0.25) is 4.98 Å². The van der Waals surface area contributed by atoms with E-state index >= 15 is 0 Å². The Kier molecular flexibility index (Phi) is 5.30. The molecule has 0 fully saturated rings. The van der Waals surface area contributed by atoms with E-state index in [1.807, 2.05) is 33.9 Å². The minimum atomic E-state index is -0.255. The number of aryl methyl sites for hydroxylation is 1. The van der Waals surface area contributed by atoms with Crippen molar-refractivity contribution in [3.05, 3.63) is 51.9 Å². The van der Waals surface area contributed by atoms with E-state index in [9.17, 15) is 4.39 Å². The van der Waals surface area contributed by atoms with Crippen molar-refractivity contribution < 1.29 is 9.13 Å². The summed E-state index contributed by atoms with van der Waals surface area (Å²) in [5, 5.41) is 3.84. The van der Waals surface area contributed by atoms with Crippen molar-refractivity contribution in [2.24, 2.45) is 0 Å². The Morgan fingerprint density at radius 1 is 1.28 bits per heavy atom. The maximum Gasteiger partial charge on any atom is 0.124 e. The molecule has 0 saturated heterocycles. The molecule has 6 heteroatoms. The molecule has 4 nitrogen and oxygen atoms in total. The Hall–Kier alpha value is -2.05. The summed E-state index contributed by atoms with van der Waals surface area (Å²) in [6.45, 7) is 7.26. The molecule has 0 saturated carbocycles. The molecule has 1 aromatic carbocycles. The fraction of sp³-hybridized carbons (Fsp3) is 0.368. The third-order valence-electron chi connectivity index (χ3n) is 4.02. The van der Waals surface area contributed by atoms with Crippen molar-refractivity contribution in [1.82, 2.24) is 9.97 Å². The van der Waals surface area contributed by atoms with Crippen LogP contribution in [0.3, 0.4) is 0 Å². The number of ether oxygens (including phenoxy) is 1. The van der Waals surface area contributed by atoms with E-state index < -0.39 is 0 Å². The number of rotatable bonds is 6. The molecule has 0 aliphatic heterocycles. The smallest absolute Gasteiger partial charge is 0.124 e. The van der Waals surface area contributed by atoms with Gasteiger partial charge in [-0.05, 0) is 45.0 Å². The Balaban J connectivity index is 1.87. The Bertz CT molecular complexity index is 880. The van der Waals surface area contributed by atoms with Gasteiger partial charge in [0.2, 0.25) is 0 Å². The number of halogens is 1. The minimum absolute atomic E-state index is 0.00662. The van der Waals surface area contributed by atoms with Gasteiger partial charge in [0.15, 0.2) is 0 Å². The van der Waals surface area contributed by atoms with Crippen LogP contribution in [0.25, 0.3) is 10.9 Å². The molecule has 1 unspecified atom stereocenters. The zero-order chi connectivity index (χ0) is 18.0. The van der Waals surface area contributed by atoms with Gasteiger partial charge in [0.1, 0.15) is 16.9 Å². The van der Waals surface area contributed by atoms with Gasteiger partial charge in [-0.25, -0.2) is 9.37 Å². The molecule has 25 heavy (non-hydrogen) atoms. The van der Waals surface area contributed by atoms with E-state index in [1.165, 1.54) is 12.1 Å². The van der Waals surface area contributed by atoms with E-state index in [2.05, 4.69) is 20.2 Å². The zero-order valence-corrected chi connectivity index (χ0v) is 15.7. The SMILES string of the molecule is CCOC(C)c1nc(CN(C)c2cc(C)nc3ccc(F)cc23)cs1. The lowest BCUT2D eigenvalue weighted by Gasteiger charge is -2.21. The first-order valence-electron chi connectivity index (χ1n) is 8.32. The standard InChI is InChI=1S/C19H22FN3OS/c1-5-24-13(3)19-22-15(11-25-19)10-23(4)18-8-12(2)21-17-7-6-14(20)9-16(17)18/h6-9,11,13H,5,10H2,1-4H3. The first-order valence-corrected chi connectivity index (χ1v) is 9.20. The minimum Gasteiger partial charge on any atom is -0.372 e. The molecule has 1 atom stereocenters. The van der Waals surface area contributed by atoms with Crippen molar-refractivity contribution in [3.63, 3.8) is 0 Å². The van der Waals surface area contributed by atoms with Crippen molar-refractivity contribution >= 4 is 27.9 Å². The lowest BCUT2D eigenvalue weighted by Crippen LogP contribution is -2.17. The third-order valence-corrected chi connectivity index (χ3v) is 5.08. The summed E-state index contributed by atoms with van der Waals surface area (Å²) in [5.74, 6) is -0.255. The number of anilines is 1. The quantitative estimate of drug-likeness (QED) is 0.629. The molecule has 3 rings (SSSR count). The highest BCUT2D eigenvalue weighted by atomic mass is 32.1. The third kappa shape index (κ3) is 3.96. The van der Waals surface area contributed by atoms with Gasteiger partial charge in [0.25, 0.3) is 0 Å². The van der Waals surface area contributed by atoms with Gasteiger partial charge in [0, 0.05) is 35.8 Å². The van der Waals surface area contributed by atoms with E-state index in [4.69, 9.17) is 4.74 Å². The summed E-state index contributed by atoms with van der Waals surface area (Å²) in [7, 11) is 1.99. The predicted octanol–water partition coefficient (Wildman–Crippen LogP) is 4.87. The second-order valence-corrected chi connectivity index (χ2v) is 6.96. The van der Waals surface area contributed by atoms with Gasteiger partial charge in [0.05, 0.1) is 17.8 Å². The number of aromatic nitrogens is 2. The number of hydrogen-bond donors (Lipinski definition) is 0. The van der Waals surface area contributed by atoms with Crippen molar-refractivity contribution in [2.75, 3.05) is 18.6 Å². The van der Waals surface area contributed by atoms with Crippen LogP contribution in [0.4, 0.5) is 10.1 Å². The molecule has 0 spiro atoms. The molecule has 0 aliphatic rings. The van der Waals surface area contributed by atoms with E-state index in [-0.39, 0.29) is 11.9 Å². The summed E-state index contributed by atoms with van der Waals surface area (Å²) in [5.41, 5.74) is 3.64. The number of pyridine rings is 1. The van der Waals surface area contributed by atoms with Crippen LogP contribution in [0.1, 0.15) is 36.3 Å². The van der Waals surface area contributed by atoms with Crippen LogP contribution in [-0.2, 0) is 11.3 Å². The van der Waals surface area contributed by atoms with Crippen LogP contribution in [0, 0.1) is 12.7 Å². The first-order chi connectivity index (χ1) is 12.0. The lowest BCUT2D eigenvalue weighted by molar-refractivity contribution is 0.0761. The van der Waals surface area contributed by atoms with Crippen molar-refractivity contribution in [2.45, 2.75) is 33.4 Å². The van der Waals surface area contributed by atoms with Crippen LogP contribution in [0.2, 0.25) is 0 Å². The lowest BCUT2D eigenvalue weighted by atomic mass is 10.1. The van der Waals surface area contributed by atoms with Crippen LogP contribution in [0.15, 0.2) is 29.6 Å². The fourth-order valence-electron chi connectivity index (χ4n) is 2.86. The molecule has 3 aromatic rings. The monoisotopic (exact) mass is 359 g/mol. The molecule has 0 N–H and O–H groups in total. The normalized spacial score (nSPS) is 12.5. The van der Waals surface area contributed by atoms with Crippen molar-refractivity contribution in [1.29, 1.82) is 0 Å². The van der Waals surface area contributed by atoms with Crippen LogP contribution < -0.4 is 4.90 Å². The van der Waals surface area contributed by atoms with E-state index in [0.717, 1.165) is 33.0 Å². The summed E-state index contributed by atoms with van der Waals surface area (Å²) >= 11 is 1.61. The maximum absolute atomic E-state index is 13.7. The molecule has 2 heterocycles. The highest BCUT2D eigenvalue weighted by molar-refractivity contribution is 7.09. The molecule has 0 aliphatic carbocycles. The van der Waals surface area contributed by atoms with Crippen molar-refractivity contribution in [3.8, 4) is 0 Å². The second-order valence-electron chi connectivity index (χ2n) is 6.07. The Morgan fingerprint density at radius 3 is 2.84 bits per heavy atom. The summed E-state index contributed by atoms with van der Waals surface area (Å²) in [6, 6.07) is 6.69. The second kappa shape index (κ2) is 7.45. The number of benzene rings is 1. The van der Waals surface area contributed by atoms with Gasteiger partial charge in [-0.15, -0.1) is 11.3 Å². The number of nitrogens with zero attached hydrogens (tertiary/aromatic N) is 3. The average molecular weight is 359 g/mol. The van der Waals surface area contributed by atoms with E-state index in [0.29, 0.717) is 13.2 Å². The molecular weight excluding hydrogens is 337 g/mol. The fourth-order valence-corrected chi connectivity index (χ4v) is 3.67. The summed E-state index contributed by atoms with van der Waals surface area (Å²) in [4.78, 5) is 11.3. The first kappa shape index (κ1) is 17.8. The zero-order valence-electron chi connectivity index (χ0n) is 14.9. The van der Waals surface area contributed by atoms with Gasteiger partial charge < -0.3 is 9.64 Å². The van der Waals surface area contributed by atoms with Crippen LogP contribution in [0.5, 0.6) is 0 Å². The predicted molar refractivity (Wildman–Crippen MR) is 101 cm³/mol. The molecule has 132 valence electrons. The Labute approximate surface area is 151 Å². The molecule has 2 aromatic heterocycles. The Morgan fingerprint density at radius 2 is 2.08 bits per heavy atom. The molecular formula is C19H22FN3OS. The van der Waals surface area contributed by atoms with Crippen LogP contribution >= 0.6 is 11.3 Å². The summed E-state index contributed by atoms with van der Waals surface area (Å²) in [6.07, 6.45) is 0.00662. The molecule has 0 radical (unpaired) electrons. The number of thiazole rings is 1. The topological polar surface area (TPSA) is 38.2 Å². The van der Waals surface area contributed by atoms with E-state index in [1.54, 1.807) is 17.4 Å². The van der Waals surface area contributed by atoms with Gasteiger partial charge in [-0.1, -0.05) is 0 Å². The summed E-state index contributed by atoms with van der Waals surface area (Å²) < 4.78 is 19.3. The molecule has 0 bridgehead atoms. The average Bonchev–Trinajstić information content (AvgIpc) is 3.03. The number of hydrogen-bond acceptors (Lipinski definition) is 5. The van der Waals surface area contributed by atoms with Gasteiger partial charge >= 0.3 is 0 Å². The highest BCUT2D eigenvalue weighted by Gasteiger charge is 2.14. The molecule has 0 amide bonds.